The molecule has 4 N–H and O–H groups in total. The molecular formula is C52H61N3O5. The molecule has 0 aliphatic heterocycles. The Morgan fingerprint density at radius 3 is 2.43 bits per heavy atom. The van der Waals surface area contributed by atoms with Crippen LogP contribution in [-0.2, 0) is 11.2 Å². The largest absolute Gasteiger partial charge is 0.497 e. The van der Waals surface area contributed by atoms with E-state index in [1.165, 1.54) is 42.4 Å². The molecule has 3 aliphatic rings. The zero-order valence-corrected chi connectivity index (χ0v) is 35.5. The average molecular weight is 808 g/mol. The van der Waals surface area contributed by atoms with Crippen molar-refractivity contribution in [2.45, 2.75) is 64.4 Å². The normalized spacial score (nSPS) is 25.5. The van der Waals surface area contributed by atoms with Crippen molar-refractivity contribution in [1.82, 2.24) is 15.3 Å². The number of hydrogen-bond donors (Lipinski definition) is 4. The maximum absolute atomic E-state index is 12.5. The van der Waals surface area contributed by atoms with Gasteiger partial charge in [-0.3, -0.25) is 9.78 Å². The second kappa shape index (κ2) is 19.9. The highest BCUT2D eigenvalue weighted by Crippen LogP contribution is 2.50. The van der Waals surface area contributed by atoms with Crippen LogP contribution in [0.1, 0.15) is 73.0 Å². The molecule has 3 aliphatic carbocycles. The number of amides is 1. The number of nitrogens with one attached hydrogen (secondary N) is 1. The van der Waals surface area contributed by atoms with Crippen LogP contribution in [0, 0.1) is 48.3 Å². The van der Waals surface area contributed by atoms with Crippen molar-refractivity contribution in [3.63, 3.8) is 0 Å². The Hall–Kier alpha value is -5.15. The summed E-state index contributed by atoms with van der Waals surface area (Å²) in [7, 11) is 3.33. The molecule has 0 radical (unpaired) electrons. The van der Waals surface area contributed by atoms with Crippen molar-refractivity contribution in [2.24, 2.45) is 41.4 Å². The lowest BCUT2D eigenvalue weighted by atomic mass is 9.57. The molecule has 314 valence electrons. The molecule has 0 spiro atoms. The first-order valence-electron chi connectivity index (χ1n) is 21.7. The van der Waals surface area contributed by atoms with Gasteiger partial charge >= 0.3 is 0 Å². The average Bonchev–Trinajstić information content (AvgIpc) is 3.29. The number of hydrogen-bond acceptors (Lipinski definition) is 7. The van der Waals surface area contributed by atoms with Gasteiger partial charge < -0.3 is 25.4 Å². The van der Waals surface area contributed by atoms with Gasteiger partial charge in [0.05, 0.1) is 30.1 Å². The molecule has 0 bridgehead atoms. The number of methoxy groups -OCH3 is 1. The van der Waals surface area contributed by atoms with Crippen molar-refractivity contribution < 1.29 is 24.9 Å². The number of aliphatic hydroxyl groups is 3. The van der Waals surface area contributed by atoms with Crippen molar-refractivity contribution in [3.8, 4) is 16.9 Å². The minimum atomic E-state index is -0.415. The second-order valence-corrected chi connectivity index (χ2v) is 17.1. The lowest BCUT2D eigenvalue weighted by Gasteiger charge is -2.49. The van der Waals surface area contributed by atoms with Gasteiger partial charge in [0, 0.05) is 55.2 Å². The van der Waals surface area contributed by atoms with Gasteiger partial charge in [-0.2, -0.15) is 0 Å². The number of allylic oxidation sites excluding steroid dienone is 2. The fraction of sp³-hybridized carbons (Fsp3) is 0.404. The maximum atomic E-state index is 12.5. The Labute approximate surface area is 355 Å². The van der Waals surface area contributed by atoms with Crippen LogP contribution in [-0.4, -0.2) is 64.7 Å². The van der Waals surface area contributed by atoms with E-state index in [0.717, 1.165) is 45.6 Å². The smallest absolute Gasteiger partial charge is 0.223 e. The molecule has 2 fully saturated rings. The third-order valence-corrected chi connectivity index (χ3v) is 13.5. The fourth-order valence-corrected chi connectivity index (χ4v) is 10.5. The van der Waals surface area contributed by atoms with Crippen molar-refractivity contribution in [2.75, 3.05) is 27.4 Å². The van der Waals surface area contributed by atoms with Crippen LogP contribution < -0.4 is 10.1 Å². The first-order chi connectivity index (χ1) is 29.2. The SMILES string of the molecule is CNC(=O)C1Cc2ccccc2C(/C=C/c2ccc(-c3cccc(C)c3)cn2)C1CO.COc1ccc2nc(/C=C/C3C4CCCCC4CC(CO)C3[C@H](C)O)ccc2c1. The van der Waals surface area contributed by atoms with Crippen LogP contribution in [0.4, 0.5) is 0 Å². The Morgan fingerprint density at radius 1 is 0.900 bits per heavy atom. The molecule has 8 unspecified atom stereocenters. The number of rotatable bonds is 10. The summed E-state index contributed by atoms with van der Waals surface area (Å²) in [5, 5.41) is 34.5. The summed E-state index contributed by atoms with van der Waals surface area (Å²) in [4.78, 5) is 21.9. The van der Waals surface area contributed by atoms with Crippen molar-refractivity contribution in [1.29, 1.82) is 0 Å². The minimum absolute atomic E-state index is 0.0208. The molecule has 8 nitrogen and oxygen atoms in total. The van der Waals surface area contributed by atoms with Crippen LogP contribution in [0.3, 0.4) is 0 Å². The number of carbonyl (C=O) groups is 1. The fourth-order valence-electron chi connectivity index (χ4n) is 10.5. The number of nitrogens with zero attached hydrogens (tertiary/aromatic N) is 2. The highest BCUT2D eigenvalue weighted by molar-refractivity contribution is 5.81. The van der Waals surface area contributed by atoms with E-state index in [1.807, 2.05) is 61.7 Å². The van der Waals surface area contributed by atoms with Crippen molar-refractivity contribution >= 4 is 29.0 Å². The minimum Gasteiger partial charge on any atom is -0.497 e. The first kappa shape index (κ1) is 43.0. The molecule has 3 aromatic carbocycles. The first-order valence-corrected chi connectivity index (χ1v) is 21.7. The van der Waals surface area contributed by atoms with Crippen LogP contribution in [0.2, 0.25) is 0 Å². The second-order valence-electron chi connectivity index (χ2n) is 17.1. The van der Waals surface area contributed by atoms with E-state index in [0.29, 0.717) is 24.2 Å². The quantitative estimate of drug-likeness (QED) is 0.111. The van der Waals surface area contributed by atoms with Crippen LogP contribution in [0.25, 0.3) is 34.2 Å². The number of aryl methyl sites for hydroxylation is 1. The van der Waals surface area contributed by atoms with Crippen LogP contribution in [0.5, 0.6) is 5.75 Å². The molecule has 2 heterocycles. The summed E-state index contributed by atoms with van der Waals surface area (Å²) < 4.78 is 5.30. The van der Waals surface area contributed by atoms with Crippen LogP contribution >= 0.6 is 0 Å². The van der Waals surface area contributed by atoms with Gasteiger partial charge in [-0.05, 0) is 122 Å². The zero-order chi connectivity index (χ0) is 42.2. The predicted octanol–water partition coefficient (Wildman–Crippen LogP) is 9.07. The van der Waals surface area contributed by atoms with E-state index >= 15 is 0 Å². The van der Waals surface area contributed by atoms with E-state index in [4.69, 9.17) is 9.72 Å². The lowest BCUT2D eigenvalue weighted by molar-refractivity contribution is -0.127. The van der Waals surface area contributed by atoms with Gasteiger partial charge in [0.15, 0.2) is 0 Å². The van der Waals surface area contributed by atoms with Crippen molar-refractivity contribution in [3.05, 3.63) is 137 Å². The Bertz CT molecular complexity index is 2270. The van der Waals surface area contributed by atoms with E-state index < -0.39 is 6.10 Å². The van der Waals surface area contributed by atoms with E-state index in [9.17, 15) is 20.1 Å². The topological polar surface area (TPSA) is 125 Å². The van der Waals surface area contributed by atoms with E-state index in [1.54, 1.807) is 14.2 Å². The number of benzene rings is 3. The summed E-state index contributed by atoms with van der Waals surface area (Å²) in [5.74, 6) is 2.20. The van der Waals surface area contributed by atoms with Gasteiger partial charge in [-0.1, -0.05) is 97.6 Å². The molecule has 5 aromatic rings. The monoisotopic (exact) mass is 807 g/mol. The molecule has 9 atom stereocenters. The van der Waals surface area contributed by atoms with Gasteiger partial charge in [0.1, 0.15) is 5.75 Å². The van der Waals surface area contributed by atoms with E-state index in [2.05, 4.69) is 84.0 Å². The third-order valence-electron chi connectivity index (χ3n) is 13.5. The number of aromatic nitrogens is 2. The van der Waals surface area contributed by atoms with Gasteiger partial charge in [-0.15, -0.1) is 0 Å². The number of carbonyl (C=O) groups excluding carboxylic acids is 1. The molecule has 8 rings (SSSR count). The zero-order valence-electron chi connectivity index (χ0n) is 35.5. The maximum Gasteiger partial charge on any atom is 0.223 e. The molecule has 8 heteroatoms. The summed E-state index contributed by atoms with van der Waals surface area (Å²) >= 11 is 0. The lowest BCUT2D eigenvalue weighted by Crippen LogP contribution is -2.46. The summed E-state index contributed by atoms with van der Waals surface area (Å²) in [5.41, 5.74) is 8.53. The molecule has 1 amide bonds. The molecule has 2 saturated carbocycles. The molecular weight excluding hydrogens is 747 g/mol. The molecule has 60 heavy (non-hydrogen) atoms. The summed E-state index contributed by atoms with van der Waals surface area (Å²) in [6.07, 6.45) is 16.7. The van der Waals surface area contributed by atoms with Gasteiger partial charge in [0.25, 0.3) is 0 Å². The van der Waals surface area contributed by atoms with E-state index in [-0.39, 0.29) is 48.7 Å². The predicted molar refractivity (Wildman–Crippen MR) is 241 cm³/mol. The third kappa shape index (κ3) is 9.73. The summed E-state index contributed by atoms with van der Waals surface area (Å²) in [6.45, 7) is 4.10. The number of aliphatic hydroxyl groups excluding tert-OH is 3. The summed E-state index contributed by atoms with van der Waals surface area (Å²) in [6, 6.07) is 30.7. The number of ether oxygens (including phenoxy) is 1. The van der Waals surface area contributed by atoms with Gasteiger partial charge in [-0.25, -0.2) is 4.98 Å². The van der Waals surface area contributed by atoms with Gasteiger partial charge in [0.2, 0.25) is 5.91 Å². The highest BCUT2D eigenvalue weighted by atomic mass is 16.5. The standard InChI is InChI=1S/C27H28N2O2.C25H33NO3/c1-18-6-5-8-19(14-18)21-10-11-22(29-16-21)12-13-24-23-9-4-3-7-20(23)15-25(26(24)17-30)27(31)28-2;1-16(28)25-19(15-27)13-17-5-3-4-6-22(17)23(25)11-9-20-8-7-18-14-21(29-2)10-12-24(18)26-20/h3-14,16,24-26,30H,15,17H2,1-2H3,(H,28,31);7-12,14,16-17,19,22-23,25,27-28H,3-6,13,15H2,1-2H3/b13-12+;11-9+/t;16-,17?,19?,22?,23?,25?/m.0/s1. The number of pyridine rings is 2. The highest BCUT2D eigenvalue weighted by Gasteiger charge is 2.45. The van der Waals surface area contributed by atoms with Crippen LogP contribution in [0.15, 0.2) is 109 Å². The Balaban J connectivity index is 0.000000182. The Kier molecular flexibility index (Phi) is 14.3. The molecule has 0 saturated heterocycles. The Morgan fingerprint density at radius 2 is 1.70 bits per heavy atom. The number of fused-ring (bicyclic) bond motifs is 3. The molecule has 2 aromatic heterocycles.